The molecule has 0 bridgehead atoms. The Kier molecular flexibility index (Phi) is 7.17. The fourth-order valence-corrected chi connectivity index (χ4v) is 1.59. The van der Waals surface area contributed by atoms with E-state index in [0.717, 1.165) is 30.3 Å². The molecule has 110 valence electrons. The smallest absolute Gasteiger partial charge is 0.292 e. The third kappa shape index (κ3) is 4.91. The van der Waals surface area contributed by atoms with Crippen LogP contribution in [0.2, 0.25) is 0 Å². The van der Waals surface area contributed by atoms with Crippen LogP contribution in [0, 0.1) is 0 Å². The predicted octanol–water partition coefficient (Wildman–Crippen LogP) is 4.13. The summed E-state index contributed by atoms with van der Waals surface area (Å²) in [6.07, 6.45) is 5.05. The number of hydrogen-bond donors (Lipinski definition) is 1. The summed E-state index contributed by atoms with van der Waals surface area (Å²) in [7, 11) is 0. The minimum atomic E-state index is 0.181. The fourth-order valence-electron chi connectivity index (χ4n) is 1.59. The Morgan fingerprint density at radius 2 is 2.20 bits per heavy atom. The number of rotatable bonds is 6. The summed E-state index contributed by atoms with van der Waals surface area (Å²) in [5.41, 5.74) is 7.89. The van der Waals surface area contributed by atoms with Crippen LogP contribution < -0.4 is 5.73 Å². The van der Waals surface area contributed by atoms with Gasteiger partial charge in [0.25, 0.3) is 6.01 Å². The number of nitrogens with two attached hydrogens (primary N) is 1. The van der Waals surface area contributed by atoms with E-state index in [-0.39, 0.29) is 6.01 Å². The van der Waals surface area contributed by atoms with Gasteiger partial charge >= 0.3 is 0 Å². The van der Waals surface area contributed by atoms with Crippen LogP contribution in [0.15, 0.2) is 27.8 Å². The van der Waals surface area contributed by atoms with Crippen molar-refractivity contribution in [2.45, 2.75) is 46.6 Å². The third-order valence-corrected chi connectivity index (χ3v) is 2.54. The lowest BCUT2D eigenvalue weighted by Gasteiger charge is -1.99. The third-order valence-electron chi connectivity index (χ3n) is 2.54. The van der Waals surface area contributed by atoms with E-state index in [2.05, 4.69) is 17.1 Å². The lowest BCUT2D eigenvalue weighted by molar-refractivity contribution is 0.131. The summed E-state index contributed by atoms with van der Waals surface area (Å²) < 4.78 is 5.19. The molecule has 1 aromatic heterocycles. The Balaban J connectivity index is 0.000000956. The van der Waals surface area contributed by atoms with E-state index in [1.165, 1.54) is 0 Å². The summed E-state index contributed by atoms with van der Waals surface area (Å²) in [6, 6.07) is 5.81. The molecular weight excluding hydrogens is 254 g/mol. The Labute approximate surface area is 119 Å². The van der Waals surface area contributed by atoms with Gasteiger partial charge in [-0.05, 0) is 30.5 Å². The van der Waals surface area contributed by atoms with Crippen LogP contribution in [0.3, 0.4) is 0 Å². The Morgan fingerprint density at radius 3 is 2.95 bits per heavy atom. The zero-order valence-corrected chi connectivity index (χ0v) is 12.4. The van der Waals surface area contributed by atoms with Crippen LogP contribution in [-0.4, -0.2) is 11.2 Å². The van der Waals surface area contributed by atoms with E-state index < -0.39 is 0 Å². The SMILES string of the molecule is CC.CCCC/C=N/OCc1ccc2oc(N)nc2c1. The molecule has 0 amide bonds. The number of fused-ring (bicyclic) bond motifs is 1. The molecule has 0 atom stereocenters. The summed E-state index contributed by atoms with van der Waals surface area (Å²) in [5.74, 6) is 0. The monoisotopic (exact) mass is 277 g/mol. The first-order valence-electron chi connectivity index (χ1n) is 7.08. The number of nitrogen functional groups attached to an aromatic ring is 1. The van der Waals surface area contributed by atoms with Gasteiger partial charge in [0.2, 0.25) is 0 Å². The van der Waals surface area contributed by atoms with Crippen molar-refractivity contribution in [1.29, 1.82) is 0 Å². The van der Waals surface area contributed by atoms with E-state index in [1.807, 2.05) is 32.0 Å². The molecule has 0 unspecified atom stereocenters. The van der Waals surface area contributed by atoms with Crippen molar-refractivity contribution < 1.29 is 9.25 Å². The summed E-state index contributed by atoms with van der Waals surface area (Å²) in [6.45, 7) is 6.57. The fraction of sp³-hybridized carbons (Fsp3) is 0.467. The van der Waals surface area contributed by atoms with Crippen molar-refractivity contribution in [3.63, 3.8) is 0 Å². The van der Waals surface area contributed by atoms with E-state index in [4.69, 9.17) is 15.0 Å². The van der Waals surface area contributed by atoms with E-state index in [0.29, 0.717) is 12.2 Å². The topological polar surface area (TPSA) is 73.6 Å². The van der Waals surface area contributed by atoms with Crippen LogP contribution >= 0.6 is 0 Å². The second-order valence-corrected chi connectivity index (χ2v) is 4.06. The highest BCUT2D eigenvalue weighted by Crippen LogP contribution is 2.18. The van der Waals surface area contributed by atoms with E-state index in [9.17, 15) is 0 Å². The van der Waals surface area contributed by atoms with Gasteiger partial charge in [-0.1, -0.05) is 38.4 Å². The first-order chi connectivity index (χ1) is 9.79. The predicted molar refractivity (Wildman–Crippen MR) is 82.6 cm³/mol. The molecule has 1 aromatic carbocycles. The minimum absolute atomic E-state index is 0.181. The van der Waals surface area contributed by atoms with Crippen LogP contribution in [0.25, 0.3) is 11.1 Å². The number of unbranched alkanes of at least 4 members (excludes halogenated alkanes) is 2. The van der Waals surface area contributed by atoms with Crippen LogP contribution in [-0.2, 0) is 11.4 Å². The van der Waals surface area contributed by atoms with Gasteiger partial charge in [0.05, 0.1) is 0 Å². The molecule has 2 aromatic rings. The van der Waals surface area contributed by atoms with Crippen molar-refractivity contribution in [3.05, 3.63) is 23.8 Å². The molecule has 0 aliphatic rings. The van der Waals surface area contributed by atoms with Gasteiger partial charge in [-0.3, -0.25) is 0 Å². The van der Waals surface area contributed by atoms with Gasteiger partial charge in [0.1, 0.15) is 12.1 Å². The number of benzene rings is 1. The molecule has 5 nitrogen and oxygen atoms in total. The minimum Gasteiger partial charge on any atom is -0.424 e. The molecule has 0 aliphatic carbocycles. The quantitative estimate of drug-likeness (QED) is 0.489. The molecule has 0 saturated carbocycles. The van der Waals surface area contributed by atoms with Crippen molar-refractivity contribution in [2.75, 3.05) is 5.73 Å². The summed E-state index contributed by atoms with van der Waals surface area (Å²) in [4.78, 5) is 9.26. The van der Waals surface area contributed by atoms with Gasteiger partial charge in [0.15, 0.2) is 5.58 Å². The molecule has 20 heavy (non-hydrogen) atoms. The van der Waals surface area contributed by atoms with Gasteiger partial charge in [-0.25, -0.2) is 0 Å². The molecule has 0 fully saturated rings. The zero-order valence-electron chi connectivity index (χ0n) is 12.4. The van der Waals surface area contributed by atoms with Crippen LogP contribution in [0.1, 0.15) is 45.6 Å². The molecular formula is C15H23N3O2. The number of anilines is 1. The number of oxime groups is 1. The lowest BCUT2D eigenvalue weighted by Crippen LogP contribution is -1.87. The molecule has 0 spiro atoms. The van der Waals surface area contributed by atoms with Crippen molar-refractivity contribution in [1.82, 2.24) is 4.98 Å². The standard InChI is InChI=1S/C13H17N3O2.C2H6/c1-2-3-4-7-15-17-9-10-5-6-12-11(8-10)16-13(14)18-12;1-2/h5-8H,2-4,9H2,1H3,(H2,14,16);1-2H3/b15-7+;. The highest BCUT2D eigenvalue weighted by molar-refractivity contribution is 5.74. The van der Waals surface area contributed by atoms with Crippen molar-refractivity contribution >= 4 is 23.3 Å². The maximum Gasteiger partial charge on any atom is 0.292 e. The average Bonchev–Trinajstić information content (AvgIpc) is 2.84. The first kappa shape index (κ1) is 16.0. The molecule has 1 heterocycles. The van der Waals surface area contributed by atoms with Crippen molar-refractivity contribution in [3.8, 4) is 0 Å². The number of hydrogen-bond acceptors (Lipinski definition) is 5. The van der Waals surface area contributed by atoms with Crippen molar-refractivity contribution in [2.24, 2.45) is 5.16 Å². The first-order valence-corrected chi connectivity index (χ1v) is 7.08. The number of oxazole rings is 1. The summed E-state index contributed by atoms with van der Waals surface area (Å²) >= 11 is 0. The maximum atomic E-state index is 5.48. The number of aromatic nitrogens is 1. The molecule has 0 radical (unpaired) electrons. The number of nitrogens with zero attached hydrogens (tertiary/aromatic N) is 2. The molecule has 2 rings (SSSR count). The van der Waals surface area contributed by atoms with Gasteiger partial charge in [-0.15, -0.1) is 0 Å². The molecule has 5 heteroatoms. The van der Waals surface area contributed by atoms with Gasteiger partial charge in [-0.2, -0.15) is 4.98 Å². The molecule has 0 saturated heterocycles. The average molecular weight is 277 g/mol. The van der Waals surface area contributed by atoms with Crippen LogP contribution in [0.5, 0.6) is 0 Å². The molecule has 0 aliphatic heterocycles. The van der Waals surface area contributed by atoms with E-state index >= 15 is 0 Å². The molecule has 2 N–H and O–H groups in total. The van der Waals surface area contributed by atoms with Gasteiger partial charge < -0.3 is 15.0 Å². The Morgan fingerprint density at radius 1 is 1.40 bits per heavy atom. The zero-order chi connectivity index (χ0) is 14.8. The lowest BCUT2D eigenvalue weighted by atomic mass is 10.2. The van der Waals surface area contributed by atoms with Crippen LogP contribution in [0.4, 0.5) is 6.01 Å². The summed E-state index contributed by atoms with van der Waals surface area (Å²) in [5, 5.41) is 3.90. The second-order valence-electron chi connectivity index (χ2n) is 4.06. The largest absolute Gasteiger partial charge is 0.424 e. The second kappa shape index (κ2) is 8.96. The normalized spacial score (nSPS) is 10.6. The van der Waals surface area contributed by atoms with Gasteiger partial charge in [0, 0.05) is 6.21 Å². The highest BCUT2D eigenvalue weighted by atomic mass is 16.6. The maximum absolute atomic E-state index is 5.48. The Hall–Kier alpha value is -2.04. The highest BCUT2D eigenvalue weighted by Gasteiger charge is 2.03. The Bertz CT molecular complexity index is 535. The van der Waals surface area contributed by atoms with E-state index in [1.54, 1.807) is 6.21 Å².